The van der Waals surface area contributed by atoms with E-state index in [1.165, 1.54) is 0 Å². The van der Waals surface area contributed by atoms with Crippen LogP contribution in [0, 0.1) is 0 Å². The molecule has 3 rings (SSSR count). The van der Waals surface area contributed by atoms with Crippen LogP contribution in [0.3, 0.4) is 0 Å². The van der Waals surface area contributed by atoms with E-state index in [0.29, 0.717) is 5.82 Å². The number of carbonyl (C=O) groups excluding carboxylic acids is 1. The highest BCUT2D eigenvalue weighted by atomic mass is 35.5. The van der Waals surface area contributed by atoms with Crippen LogP contribution in [0.2, 0.25) is 5.15 Å². The number of halogens is 1. The van der Waals surface area contributed by atoms with E-state index >= 15 is 0 Å². The molecule has 2 aromatic rings. The number of carbonyl (C=O) groups is 1. The summed E-state index contributed by atoms with van der Waals surface area (Å²) in [6, 6.07) is 7.45. The van der Waals surface area contributed by atoms with Gasteiger partial charge in [-0.3, -0.25) is 4.79 Å². The zero-order chi connectivity index (χ0) is 14.2. The second kappa shape index (κ2) is 5.22. The van der Waals surface area contributed by atoms with Gasteiger partial charge in [-0.15, -0.1) is 11.8 Å². The third-order valence-electron chi connectivity index (χ3n) is 3.46. The predicted molar refractivity (Wildman–Crippen MR) is 83.3 cm³/mol. The Labute approximate surface area is 126 Å². The second-order valence-electron chi connectivity index (χ2n) is 4.99. The van der Waals surface area contributed by atoms with Gasteiger partial charge in [0.1, 0.15) is 0 Å². The molecule has 0 radical (unpaired) electrons. The van der Waals surface area contributed by atoms with Crippen molar-refractivity contribution in [3.63, 3.8) is 0 Å². The first-order chi connectivity index (χ1) is 9.58. The summed E-state index contributed by atoms with van der Waals surface area (Å²) in [5.74, 6) is 1.30. The molecule has 1 saturated heterocycles. The molecule has 1 unspecified atom stereocenters. The van der Waals surface area contributed by atoms with Gasteiger partial charge in [0.2, 0.25) is 5.91 Å². The first-order valence-corrected chi connectivity index (χ1v) is 7.82. The number of para-hydroxylation sites is 2. The fourth-order valence-electron chi connectivity index (χ4n) is 2.26. The van der Waals surface area contributed by atoms with E-state index in [2.05, 4.69) is 15.3 Å². The summed E-state index contributed by atoms with van der Waals surface area (Å²) in [5.41, 5.74) is 1.44. The number of nitrogens with one attached hydrogen (secondary N) is 1. The van der Waals surface area contributed by atoms with Crippen molar-refractivity contribution in [1.29, 1.82) is 0 Å². The standard InChI is InChI=1S/C14H14ClN3OS/c1-14(7-4-8-20-14)13(19)18-12-11(15)16-9-5-2-3-6-10(9)17-12/h2-3,5-6H,4,7-8H2,1H3,(H,17,18,19). The molecule has 104 valence electrons. The van der Waals surface area contributed by atoms with E-state index < -0.39 is 4.75 Å². The number of thioether (sulfide) groups is 1. The Morgan fingerprint density at radius 3 is 2.70 bits per heavy atom. The maximum absolute atomic E-state index is 12.4. The molecule has 1 aromatic carbocycles. The smallest absolute Gasteiger partial charge is 0.241 e. The molecular weight excluding hydrogens is 294 g/mol. The van der Waals surface area contributed by atoms with Crippen LogP contribution in [-0.4, -0.2) is 26.4 Å². The van der Waals surface area contributed by atoms with Crippen LogP contribution in [-0.2, 0) is 4.79 Å². The lowest BCUT2D eigenvalue weighted by Gasteiger charge is -2.21. The Morgan fingerprint density at radius 1 is 1.35 bits per heavy atom. The topological polar surface area (TPSA) is 54.9 Å². The Kier molecular flexibility index (Phi) is 3.56. The number of hydrogen-bond donors (Lipinski definition) is 1. The normalized spacial score (nSPS) is 22.1. The Balaban J connectivity index is 1.90. The largest absolute Gasteiger partial charge is 0.307 e. The monoisotopic (exact) mass is 307 g/mol. The number of anilines is 1. The maximum atomic E-state index is 12.4. The molecule has 1 aliphatic heterocycles. The quantitative estimate of drug-likeness (QED) is 0.922. The minimum Gasteiger partial charge on any atom is -0.307 e. The molecule has 2 heterocycles. The summed E-state index contributed by atoms with van der Waals surface area (Å²) in [6.45, 7) is 1.96. The molecule has 0 aliphatic carbocycles. The molecule has 1 fully saturated rings. The minimum atomic E-state index is -0.392. The van der Waals surface area contributed by atoms with Gasteiger partial charge in [0, 0.05) is 0 Å². The number of rotatable bonds is 2. The minimum absolute atomic E-state index is 0.0496. The molecule has 1 N–H and O–H groups in total. The molecular formula is C14H14ClN3OS. The Morgan fingerprint density at radius 2 is 2.05 bits per heavy atom. The molecule has 0 bridgehead atoms. The van der Waals surface area contributed by atoms with Gasteiger partial charge in [-0.1, -0.05) is 23.7 Å². The van der Waals surface area contributed by atoms with Gasteiger partial charge >= 0.3 is 0 Å². The van der Waals surface area contributed by atoms with Crippen molar-refractivity contribution in [2.75, 3.05) is 11.1 Å². The summed E-state index contributed by atoms with van der Waals surface area (Å²) in [4.78, 5) is 21.0. The number of amides is 1. The number of benzene rings is 1. The van der Waals surface area contributed by atoms with Gasteiger partial charge in [-0.25, -0.2) is 9.97 Å². The average Bonchev–Trinajstić information content (AvgIpc) is 2.88. The van der Waals surface area contributed by atoms with E-state index in [9.17, 15) is 4.79 Å². The summed E-state index contributed by atoms with van der Waals surface area (Å²) in [5, 5.41) is 3.05. The van der Waals surface area contributed by atoms with E-state index in [1.807, 2.05) is 31.2 Å². The van der Waals surface area contributed by atoms with Crippen molar-refractivity contribution < 1.29 is 4.79 Å². The van der Waals surface area contributed by atoms with Crippen LogP contribution in [0.4, 0.5) is 5.82 Å². The van der Waals surface area contributed by atoms with Gasteiger partial charge in [0.15, 0.2) is 11.0 Å². The van der Waals surface area contributed by atoms with Crippen molar-refractivity contribution in [3.05, 3.63) is 29.4 Å². The molecule has 1 atom stereocenters. The first kappa shape index (κ1) is 13.6. The highest BCUT2D eigenvalue weighted by Crippen LogP contribution is 2.38. The van der Waals surface area contributed by atoms with E-state index in [4.69, 9.17) is 11.6 Å². The predicted octanol–water partition coefficient (Wildman–Crippen LogP) is 3.51. The van der Waals surface area contributed by atoms with Crippen molar-refractivity contribution in [2.45, 2.75) is 24.5 Å². The maximum Gasteiger partial charge on any atom is 0.241 e. The molecule has 20 heavy (non-hydrogen) atoms. The Bertz CT molecular complexity index is 671. The van der Waals surface area contributed by atoms with Crippen LogP contribution in [0.5, 0.6) is 0 Å². The van der Waals surface area contributed by atoms with Gasteiger partial charge in [0.25, 0.3) is 0 Å². The third-order valence-corrected chi connectivity index (χ3v) is 5.24. The number of hydrogen-bond acceptors (Lipinski definition) is 4. The summed E-state index contributed by atoms with van der Waals surface area (Å²) in [6.07, 6.45) is 1.94. The number of aromatic nitrogens is 2. The fourth-order valence-corrected chi connectivity index (χ4v) is 3.65. The molecule has 1 amide bonds. The molecule has 1 aromatic heterocycles. The van der Waals surface area contributed by atoms with E-state index in [0.717, 1.165) is 29.6 Å². The van der Waals surface area contributed by atoms with Crippen LogP contribution < -0.4 is 5.32 Å². The first-order valence-electron chi connectivity index (χ1n) is 6.46. The van der Waals surface area contributed by atoms with E-state index in [1.54, 1.807) is 11.8 Å². The van der Waals surface area contributed by atoms with Crippen molar-refractivity contribution in [3.8, 4) is 0 Å². The third kappa shape index (κ3) is 2.47. The molecule has 0 spiro atoms. The van der Waals surface area contributed by atoms with Gasteiger partial charge in [0.05, 0.1) is 15.8 Å². The van der Waals surface area contributed by atoms with Gasteiger partial charge < -0.3 is 5.32 Å². The highest BCUT2D eigenvalue weighted by molar-refractivity contribution is 8.01. The molecule has 0 saturated carbocycles. The fraction of sp³-hybridized carbons (Fsp3) is 0.357. The number of nitrogens with zero attached hydrogens (tertiary/aromatic N) is 2. The van der Waals surface area contributed by atoms with Gasteiger partial charge in [-0.05, 0) is 37.7 Å². The second-order valence-corrected chi connectivity index (χ2v) is 6.94. The van der Waals surface area contributed by atoms with Crippen LogP contribution >= 0.6 is 23.4 Å². The summed E-state index contributed by atoms with van der Waals surface area (Å²) in [7, 11) is 0. The Hall–Kier alpha value is -1.33. The summed E-state index contributed by atoms with van der Waals surface area (Å²) < 4.78 is -0.392. The van der Waals surface area contributed by atoms with Gasteiger partial charge in [-0.2, -0.15) is 0 Å². The zero-order valence-corrected chi connectivity index (χ0v) is 12.6. The van der Waals surface area contributed by atoms with Crippen LogP contribution in [0.1, 0.15) is 19.8 Å². The lowest BCUT2D eigenvalue weighted by Crippen LogP contribution is -2.35. The zero-order valence-electron chi connectivity index (χ0n) is 11.0. The molecule has 6 heteroatoms. The van der Waals surface area contributed by atoms with E-state index in [-0.39, 0.29) is 11.1 Å². The highest BCUT2D eigenvalue weighted by Gasteiger charge is 2.37. The van der Waals surface area contributed by atoms with Crippen molar-refractivity contribution >= 4 is 46.1 Å². The number of fused-ring (bicyclic) bond motifs is 1. The lowest BCUT2D eigenvalue weighted by atomic mass is 10.1. The molecule has 4 nitrogen and oxygen atoms in total. The SMILES string of the molecule is CC1(C(=O)Nc2nc3ccccc3nc2Cl)CCCS1. The average molecular weight is 308 g/mol. The van der Waals surface area contributed by atoms with Crippen LogP contribution in [0.25, 0.3) is 11.0 Å². The van der Waals surface area contributed by atoms with Crippen molar-refractivity contribution in [2.24, 2.45) is 0 Å². The summed E-state index contributed by atoms with van der Waals surface area (Å²) >= 11 is 7.78. The lowest BCUT2D eigenvalue weighted by molar-refractivity contribution is -0.118. The molecule has 1 aliphatic rings. The van der Waals surface area contributed by atoms with Crippen LogP contribution in [0.15, 0.2) is 24.3 Å². The van der Waals surface area contributed by atoms with Crippen molar-refractivity contribution in [1.82, 2.24) is 9.97 Å².